The van der Waals surface area contributed by atoms with Crippen LogP contribution in [0.3, 0.4) is 0 Å². The Hall–Kier alpha value is -1.96. The molecule has 1 unspecified atom stereocenters. The molecule has 0 bridgehead atoms. The van der Waals surface area contributed by atoms with Gasteiger partial charge in [-0.3, -0.25) is 0 Å². The maximum atomic E-state index is 5.87. The van der Waals surface area contributed by atoms with E-state index in [-0.39, 0.29) is 6.04 Å². The zero-order valence-corrected chi connectivity index (χ0v) is 12.5. The highest BCUT2D eigenvalue weighted by Crippen LogP contribution is 2.28. The van der Waals surface area contributed by atoms with Gasteiger partial charge < -0.3 is 10.1 Å². The predicted octanol–water partition coefficient (Wildman–Crippen LogP) is 4.89. The fourth-order valence-corrected chi connectivity index (χ4v) is 2.03. The minimum absolute atomic E-state index is 0.250. The van der Waals surface area contributed by atoms with Crippen molar-refractivity contribution in [2.45, 2.75) is 26.8 Å². The largest absolute Gasteiger partial charge is 0.491 e. The molecule has 0 heterocycles. The highest BCUT2D eigenvalue weighted by Gasteiger charge is 2.09. The number of hydrogen-bond acceptors (Lipinski definition) is 2. The van der Waals surface area contributed by atoms with Crippen molar-refractivity contribution in [2.75, 3.05) is 11.9 Å². The first-order valence-electron chi connectivity index (χ1n) is 7.20. The fourth-order valence-electron chi connectivity index (χ4n) is 2.03. The predicted molar refractivity (Wildman–Crippen MR) is 85.3 cm³/mol. The molecule has 0 aliphatic carbocycles. The summed E-state index contributed by atoms with van der Waals surface area (Å²) in [4.78, 5) is 0. The molecule has 2 rings (SSSR count). The molecule has 2 nitrogen and oxygen atoms in total. The molecule has 106 valence electrons. The number of nitrogens with one attached hydrogen (secondary N) is 1. The van der Waals surface area contributed by atoms with E-state index in [1.807, 2.05) is 24.3 Å². The van der Waals surface area contributed by atoms with Crippen LogP contribution in [0.4, 0.5) is 5.69 Å². The Kier molecular flexibility index (Phi) is 5.05. The molecule has 2 aromatic rings. The number of benzene rings is 2. The lowest BCUT2D eigenvalue weighted by atomic mass is 10.1. The summed E-state index contributed by atoms with van der Waals surface area (Å²) in [6, 6.07) is 18.8. The van der Waals surface area contributed by atoms with Crippen LogP contribution in [-0.4, -0.2) is 6.61 Å². The van der Waals surface area contributed by atoms with Crippen LogP contribution in [0.1, 0.15) is 32.4 Å². The third-order valence-electron chi connectivity index (χ3n) is 3.13. The number of anilines is 1. The first kappa shape index (κ1) is 14.4. The van der Waals surface area contributed by atoms with E-state index in [1.54, 1.807) is 0 Å². The Balaban J connectivity index is 2.09. The second-order valence-electron chi connectivity index (χ2n) is 5.48. The molecular formula is C18H23NO. The molecule has 0 spiro atoms. The van der Waals surface area contributed by atoms with Gasteiger partial charge in [-0.05, 0) is 30.5 Å². The van der Waals surface area contributed by atoms with Crippen molar-refractivity contribution in [3.8, 4) is 5.75 Å². The molecule has 0 saturated carbocycles. The normalized spacial score (nSPS) is 12.2. The summed E-state index contributed by atoms with van der Waals surface area (Å²) in [5.74, 6) is 1.44. The monoisotopic (exact) mass is 269 g/mol. The van der Waals surface area contributed by atoms with E-state index in [1.165, 1.54) is 5.56 Å². The molecule has 0 aliphatic rings. The summed E-state index contributed by atoms with van der Waals surface area (Å²) >= 11 is 0. The van der Waals surface area contributed by atoms with Crippen molar-refractivity contribution in [3.63, 3.8) is 0 Å². The van der Waals surface area contributed by atoms with Gasteiger partial charge in [0.05, 0.1) is 12.3 Å². The van der Waals surface area contributed by atoms with Crippen LogP contribution in [0.15, 0.2) is 54.6 Å². The van der Waals surface area contributed by atoms with Gasteiger partial charge in [0.25, 0.3) is 0 Å². The second-order valence-corrected chi connectivity index (χ2v) is 5.48. The number of ether oxygens (including phenoxy) is 1. The molecule has 2 heteroatoms. The van der Waals surface area contributed by atoms with Gasteiger partial charge in [-0.2, -0.15) is 0 Å². The molecule has 0 saturated heterocycles. The van der Waals surface area contributed by atoms with Crippen LogP contribution in [0.25, 0.3) is 0 Å². The number of para-hydroxylation sites is 2. The average molecular weight is 269 g/mol. The average Bonchev–Trinajstić information content (AvgIpc) is 2.47. The molecule has 0 amide bonds. The van der Waals surface area contributed by atoms with Crippen LogP contribution in [0.5, 0.6) is 5.75 Å². The summed E-state index contributed by atoms with van der Waals surface area (Å²) in [6.45, 7) is 7.21. The van der Waals surface area contributed by atoms with E-state index in [0.29, 0.717) is 5.92 Å². The molecule has 1 atom stereocenters. The molecule has 0 aliphatic heterocycles. The Morgan fingerprint density at radius 1 is 0.900 bits per heavy atom. The quantitative estimate of drug-likeness (QED) is 0.805. The smallest absolute Gasteiger partial charge is 0.142 e. The van der Waals surface area contributed by atoms with Crippen molar-refractivity contribution >= 4 is 5.69 Å². The van der Waals surface area contributed by atoms with Crippen molar-refractivity contribution in [1.82, 2.24) is 0 Å². The third kappa shape index (κ3) is 4.02. The molecule has 0 radical (unpaired) electrons. The van der Waals surface area contributed by atoms with Crippen molar-refractivity contribution in [1.29, 1.82) is 0 Å². The number of rotatable bonds is 6. The third-order valence-corrected chi connectivity index (χ3v) is 3.13. The van der Waals surface area contributed by atoms with E-state index in [9.17, 15) is 0 Å². The van der Waals surface area contributed by atoms with E-state index in [4.69, 9.17) is 4.74 Å². The van der Waals surface area contributed by atoms with Crippen LogP contribution < -0.4 is 10.1 Å². The van der Waals surface area contributed by atoms with Gasteiger partial charge in [0.2, 0.25) is 0 Å². The van der Waals surface area contributed by atoms with E-state index < -0.39 is 0 Å². The standard InChI is InChI=1S/C18H23NO/c1-14(2)13-20-18-12-8-7-11-17(18)19-15(3)16-9-5-4-6-10-16/h4-12,14-15,19H,13H2,1-3H3. The zero-order chi connectivity index (χ0) is 14.4. The van der Waals surface area contributed by atoms with E-state index >= 15 is 0 Å². The number of hydrogen-bond donors (Lipinski definition) is 1. The summed E-state index contributed by atoms with van der Waals surface area (Å²) in [5.41, 5.74) is 2.32. The lowest BCUT2D eigenvalue weighted by Crippen LogP contribution is -2.10. The van der Waals surface area contributed by atoms with Crippen molar-refractivity contribution < 1.29 is 4.74 Å². The van der Waals surface area contributed by atoms with E-state index in [2.05, 4.69) is 56.4 Å². The van der Waals surface area contributed by atoms with Gasteiger partial charge in [0, 0.05) is 6.04 Å². The zero-order valence-electron chi connectivity index (χ0n) is 12.5. The van der Waals surface area contributed by atoms with Gasteiger partial charge in [0.15, 0.2) is 0 Å². The van der Waals surface area contributed by atoms with Crippen LogP contribution in [0, 0.1) is 5.92 Å². The summed E-state index contributed by atoms with van der Waals surface area (Å²) < 4.78 is 5.87. The van der Waals surface area contributed by atoms with Gasteiger partial charge in [-0.25, -0.2) is 0 Å². The molecule has 1 N–H and O–H groups in total. The van der Waals surface area contributed by atoms with E-state index in [0.717, 1.165) is 18.0 Å². The van der Waals surface area contributed by atoms with Gasteiger partial charge in [-0.1, -0.05) is 56.3 Å². The highest BCUT2D eigenvalue weighted by molar-refractivity contribution is 5.57. The Morgan fingerprint density at radius 2 is 1.55 bits per heavy atom. The molecule has 2 aromatic carbocycles. The van der Waals surface area contributed by atoms with Gasteiger partial charge in [-0.15, -0.1) is 0 Å². The maximum absolute atomic E-state index is 5.87. The van der Waals surface area contributed by atoms with Crippen LogP contribution >= 0.6 is 0 Å². The lowest BCUT2D eigenvalue weighted by Gasteiger charge is -2.19. The summed E-state index contributed by atoms with van der Waals surface area (Å²) in [5, 5.41) is 3.53. The maximum Gasteiger partial charge on any atom is 0.142 e. The van der Waals surface area contributed by atoms with Crippen molar-refractivity contribution in [3.05, 3.63) is 60.2 Å². The lowest BCUT2D eigenvalue weighted by molar-refractivity contribution is 0.272. The molecule has 0 aromatic heterocycles. The fraction of sp³-hybridized carbons (Fsp3) is 0.333. The summed E-state index contributed by atoms with van der Waals surface area (Å²) in [6.07, 6.45) is 0. The highest BCUT2D eigenvalue weighted by atomic mass is 16.5. The van der Waals surface area contributed by atoms with Gasteiger partial charge >= 0.3 is 0 Å². The van der Waals surface area contributed by atoms with Gasteiger partial charge in [0.1, 0.15) is 5.75 Å². The summed E-state index contributed by atoms with van der Waals surface area (Å²) in [7, 11) is 0. The van der Waals surface area contributed by atoms with Crippen molar-refractivity contribution in [2.24, 2.45) is 5.92 Å². The minimum Gasteiger partial charge on any atom is -0.491 e. The SMILES string of the molecule is CC(C)COc1ccccc1NC(C)c1ccccc1. The minimum atomic E-state index is 0.250. The van der Waals surface area contributed by atoms with Crippen LogP contribution in [-0.2, 0) is 0 Å². The topological polar surface area (TPSA) is 21.3 Å². The molecular weight excluding hydrogens is 246 g/mol. The Bertz CT molecular complexity index is 522. The molecule has 0 fully saturated rings. The Morgan fingerprint density at radius 3 is 2.25 bits per heavy atom. The Labute approximate surface area is 121 Å². The second kappa shape index (κ2) is 6.99. The van der Waals surface area contributed by atoms with Crippen LogP contribution in [0.2, 0.25) is 0 Å². The first-order chi connectivity index (χ1) is 9.66. The first-order valence-corrected chi connectivity index (χ1v) is 7.20. The molecule has 20 heavy (non-hydrogen) atoms.